The molecular formula is C22H23F3O5. The van der Waals surface area contributed by atoms with Crippen LogP contribution in [0.15, 0.2) is 60.7 Å². The molecule has 2 aromatic rings. The molecule has 0 N–H and O–H groups in total. The first kappa shape index (κ1) is 22.3. The van der Waals surface area contributed by atoms with E-state index in [4.69, 9.17) is 18.9 Å². The van der Waals surface area contributed by atoms with Gasteiger partial charge in [0.15, 0.2) is 6.10 Å². The van der Waals surface area contributed by atoms with E-state index in [9.17, 15) is 18.0 Å². The molecule has 8 heteroatoms. The lowest BCUT2D eigenvalue weighted by Gasteiger charge is -2.41. The lowest BCUT2D eigenvalue weighted by Crippen LogP contribution is -2.57. The van der Waals surface area contributed by atoms with Crippen molar-refractivity contribution in [1.82, 2.24) is 0 Å². The lowest BCUT2D eigenvalue weighted by molar-refractivity contribution is -0.333. The Balaban J connectivity index is 1.79. The van der Waals surface area contributed by atoms with Gasteiger partial charge in [-0.1, -0.05) is 60.7 Å². The second kappa shape index (κ2) is 10.1. The van der Waals surface area contributed by atoms with Crippen LogP contribution in [0.4, 0.5) is 13.2 Å². The van der Waals surface area contributed by atoms with Gasteiger partial charge in [0.2, 0.25) is 6.29 Å². The quantitative estimate of drug-likeness (QED) is 0.617. The molecule has 0 aromatic heterocycles. The fourth-order valence-electron chi connectivity index (χ4n) is 3.24. The van der Waals surface area contributed by atoms with Gasteiger partial charge in [0.05, 0.1) is 19.3 Å². The van der Waals surface area contributed by atoms with Crippen molar-refractivity contribution in [2.75, 3.05) is 0 Å². The van der Waals surface area contributed by atoms with Gasteiger partial charge in [-0.2, -0.15) is 13.2 Å². The summed E-state index contributed by atoms with van der Waals surface area (Å²) < 4.78 is 62.7. The van der Waals surface area contributed by atoms with Crippen molar-refractivity contribution >= 4 is 5.97 Å². The summed E-state index contributed by atoms with van der Waals surface area (Å²) in [6.45, 7) is 1.17. The molecule has 0 aliphatic carbocycles. The third-order valence-corrected chi connectivity index (χ3v) is 4.60. The summed E-state index contributed by atoms with van der Waals surface area (Å²) in [5.74, 6) is -0.730. The Morgan fingerprint density at radius 1 is 0.967 bits per heavy atom. The molecule has 1 saturated heterocycles. The molecule has 3 rings (SSSR count). The second-order valence-corrected chi connectivity index (χ2v) is 6.97. The van der Waals surface area contributed by atoms with Crippen LogP contribution in [0, 0.1) is 0 Å². The van der Waals surface area contributed by atoms with E-state index in [-0.39, 0.29) is 19.6 Å². The minimum Gasteiger partial charge on any atom is -0.436 e. The summed E-state index contributed by atoms with van der Waals surface area (Å²) in [5, 5.41) is 0. The number of halogens is 3. The standard InChI is InChI=1S/C22H23F3O5/c1-15(26)29-19-12-18(27-13-16-8-4-2-5-9-16)20(21(30-19)22(23,24)25)28-14-17-10-6-3-7-11-17/h2-11,18-21H,12-14H2,1H3/t18-,19+,20-,21+/m0/s1. The highest BCUT2D eigenvalue weighted by atomic mass is 19.4. The van der Waals surface area contributed by atoms with E-state index < -0.39 is 36.7 Å². The minimum atomic E-state index is -4.73. The number of carbonyl (C=O) groups excluding carboxylic acids is 1. The van der Waals surface area contributed by atoms with Crippen molar-refractivity contribution in [1.29, 1.82) is 0 Å². The summed E-state index contributed by atoms with van der Waals surface area (Å²) in [5.41, 5.74) is 1.53. The van der Waals surface area contributed by atoms with E-state index in [0.29, 0.717) is 0 Å². The van der Waals surface area contributed by atoms with Crippen molar-refractivity contribution < 1.29 is 36.9 Å². The third-order valence-electron chi connectivity index (χ3n) is 4.60. The Labute approximate surface area is 172 Å². The molecular weight excluding hydrogens is 401 g/mol. The number of esters is 1. The van der Waals surface area contributed by atoms with Crippen LogP contribution >= 0.6 is 0 Å². The molecule has 2 aromatic carbocycles. The van der Waals surface area contributed by atoms with Gasteiger partial charge in [0, 0.05) is 13.3 Å². The van der Waals surface area contributed by atoms with Crippen LogP contribution in [0.25, 0.3) is 0 Å². The Morgan fingerprint density at radius 2 is 1.50 bits per heavy atom. The Kier molecular flexibility index (Phi) is 7.47. The van der Waals surface area contributed by atoms with E-state index in [1.165, 1.54) is 0 Å². The van der Waals surface area contributed by atoms with Crippen LogP contribution in [0.5, 0.6) is 0 Å². The van der Waals surface area contributed by atoms with Crippen molar-refractivity contribution in [3.05, 3.63) is 71.8 Å². The zero-order valence-corrected chi connectivity index (χ0v) is 16.4. The van der Waals surface area contributed by atoms with Crippen LogP contribution in [0.1, 0.15) is 24.5 Å². The molecule has 4 atom stereocenters. The maximum Gasteiger partial charge on any atom is 0.417 e. The smallest absolute Gasteiger partial charge is 0.417 e. The molecule has 0 bridgehead atoms. The van der Waals surface area contributed by atoms with E-state index in [1.54, 1.807) is 30.3 Å². The number of carbonyl (C=O) groups is 1. The molecule has 0 spiro atoms. The average molecular weight is 424 g/mol. The van der Waals surface area contributed by atoms with Gasteiger partial charge in [0.1, 0.15) is 6.10 Å². The number of ether oxygens (including phenoxy) is 4. The summed E-state index contributed by atoms with van der Waals surface area (Å²) in [7, 11) is 0. The van der Waals surface area contributed by atoms with Gasteiger partial charge in [-0.3, -0.25) is 4.79 Å². The number of alkyl halides is 3. The maximum absolute atomic E-state index is 13.8. The number of hydrogen-bond acceptors (Lipinski definition) is 5. The van der Waals surface area contributed by atoms with Crippen LogP contribution < -0.4 is 0 Å². The van der Waals surface area contributed by atoms with Crippen molar-refractivity contribution in [2.45, 2.75) is 57.3 Å². The first-order valence-electron chi connectivity index (χ1n) is 9.53. The summed E-state index contributed by atoms with van der Waals surface area (Å²) >= 11 is 0. The van der Waals surface area contributed by atoms with E-state index in [0.717, 1.165) is 18.1 Å². The van der Waals surface area contributed by atoms with Crippen LogP contribution in [0.2, 0.25) is 0 Å². The van der Waals surface area contributed by atoms with Gasteiger partial charge in [0.25, 0.3) is 0 Å². The van der Waals surface area contributed by atoms with Gasteiger partial charge < -0.3 is 18.9 Å². The summed E-state index contributed by atoms with van der Waals surface area (Å²) in [6.07, 6.45) is -10.9. The molecule has 1 fully saturated rings. The third kappa shape index (κ3) is 6.29. The summed E-state index contributed by atoms with van der Waals surface area (Å²) in [4.78, 5) is 11.3. The molecule has 162 valence electrons. The van der Waals surface area contributed by atoms with Gasteiger partial charge in [-0.25, -0.2) is 0 Å². The van der Waals surface area contributed by atoms with Gasteiger partial charge >= 0.3 is 12.1 Å². The van der Waals surface area contributed by atoms with Crippen LogP contribution in [-0.2, 0) is 37.0 Å². The van der Waals surface area contributed by atoms with E-state index in [2.05, 4.69) is 0 Å². The average Bonchev–Trinajstić information content (AvgIpc) is 2.71. The first-order chi connectivity index (χ1) is 14.3. The van der Waals surface area contributed by atoms with Gasteiger partial charge in [-0.15, -0.1) is 0 Å². The molecule has 30 heavy (non-hydrogen) atoms. The predicted octanol–water partition coefficient (Wildman–Crippen LogP) is 4.40. The van der Waals surface area contributed by atoms with Crippen molar-refractivity contribution in [3.63, 3.8) is 0 Å². The molecule has 0 unspecified atom stereocenters. The Morgan fingerprint density at radius 3 is 2.00 bits per heavy atom. The molecule has 0 saturated carbocycles. The van der Waals surface area contributed by atoms with Crippen LogP contribution in [-0.4, -0.2) is 36.7 Å². The monoisotopic (exact) mass is 424 g/mol. The number of rotatable bonds is 7. The topological polar surface area (TPSA) is 54.0 Å². The van der Waals surface area contributed by atoms with Crippen molar-refractivity contribution in [3.8, 4) is 0 Å². The van der Waals surface area contributed by atoms with Crippen molar-refractivity contribution in [2.24, 2.45) is 0 Å². The molecule has 1 aliphatic heterocycles. The van der Waals surface area contributed by atoms with E-state index >= 15 is 0 Å². The highest BCUT2D eigenvalue weighted by Gasteiger charge is 2.54. The van der Waals surface area contributed by atoms with Crippen LogP contribution in [0.3, 0.4) is 0 Å². The fourth-order valence-corrected chi connectivity index (χ4v) is 3.24. The minimum absolute atomic E-state index is 0.0368. The van der Waals surface area contributed by atoms with Gasteiger partial charge in [-0.05, 0) is 11.1 Å². The molecule has 0 amide bonds. The fraction of sp³-hybridized carbons (Fsp3) is 0.409. The molecule has 0 radical (unpaired) electrons. The Hall–Kier alpha value is -2.42. The zero-order chi connectivity index (χ0) is 21.6. The largest absolute Gasteiger partial charge is 0.436 e. The Bertz CT molecular complexity index is 797. The lowest BCUT2D eigenvalue weighted by atomic mass is 10.00. The zero-order valence-electron chi connectivity index (χ0n) is 16.4. The SMILES string of the molecule is CC(=O)O[C@H]1C[C@H](OCc2ccccc2)[C@H](OCc2ccccc2)[C@H](C(F)(F)F)O1. The summed E-state index contributed by atoms with van der Waals surface area (Å²) in [6, 6.07) is 17.9. The van der Waals surface area contributed by atoms with E-state index in [1.807, 2.05) is 30.3 Å². The predicted molar refractivity (Wildman–Crippen MR) is 101 cm³/mol. The second-order valence-electron chi connectivity index (χ2n) is 6.97. The molecule has 5 nitrogen and oxygen atoms in total. The first-order valence-corrected chi connectivity index (χ1v) is 9.53. The number of hydrogen-bond donors (Lipinski definition) is 0. The molecule has 1 aliphatic rings. The number of benzene rings is 2. The highest BCUT2D eigenvalue weighted by molar-refractivity contribution is 5.66. The highest BCUT2D eigenvalue weighted by Crippen LogP contribution is 2.36. The molecule has 1 heterocycles. The normalized spacial score (nSPS) is 24.4. The maximum atomic E-state index is 13.8.